The van der Waals surface area contributed by atoms with Crippen molar-refractivity contribution < 1.29 is 9.59 Å². The molecule has 138 valence electrons. The molecule has 0 spiro atoms. The van der Waals surface area contributed by atoms with E-state index < -0.39 is 0 Å². The van der Waals surface area contributed by atoms with Crippen molar-refractivity contribution in [3.05, 3.63) is 76.1 Å². The number of nitrogens with one attached hydrogen (secondary N) is 1. The molecule has 0 saturated heterocycles. The second-order valence-electron chi connectivity index (χ2n) is 6.04. The fourth-order valence-electron chi connectivity index (χ4n) is 2.49. The Morgan fingerprint density at radius 3 is 2.70 bits per heavy atom. The lowest BCUT2D eigenvalue weighted by molar-refractivity contribution is -0.116. The van der Waals surface area contributed by atoms with E-state index in [-0.39, 0.29) is 24.5 Å². The Morgan fingerprint density at radius 1 is 1.07 bits per heavy atom. The number of hydrogen-bond donors (Lipinski definition) is 1. The first-order valence-corrected chi connectivity index (χ1v) is 10.4. The summed E-state index contributed by atoms with van der Waals surface area (Å²) < 4.78 is 0. The third kappa shape index (κ3) is 6.05. The molecule has 1 amide bonds. The highest BCUT2D eigenvalue weighted by Gasteiger charge is 2.11. The van der Waals surface area contributed by atoms with Crippen molar-refractivity contribution in [1.82, 2.24) is 4.98 Å². The number of thiophene rings is 1. The Kier molecular flexibility index (Phi) is 6.79. The van der Waals surface area contributed by atoms with E-state index in [2.05, 4.69) is 10.3 Å². The Morgan fingerprint density at radius 2 is 1.96 bits per heavy atom. The zero-order valence-electron chi connectivity index (χ0n) is 15.0. The van der Waals surface area contributed by atoms with E-state index in [0.717, 1.165) is 26.9 Å². The number of thioether (sulfide) groups is 1. The maximum Gasteiger partial charge on any atom is 0.224 e. The van der Waals surface area contributed by atoms with E-state index in [1.54, 1.807) is 18.0 Å². The largest absolute Gasteiger partial charge is 0.326 e. The van der Waals surface area contributed by atoms with Crippen molar-refractivity contribution in [1.29, 1.82) is 0 Å². The van der Waals surface area contributed by atoms with Gasteiger partial charge in [-0.3, -0.25) is 9.59 Å². The van der Waals surface area contributed by atoms with E-state index >= 15 is 0 Å². The molecule has 6 heteroatoms. The minimum Gasteiger partial charge on any atom is -0.326 e. The van der Waals surface area contributed by atoms with Crippen LogP contribution in [0.2, 0.25) is 0 Å². The zero-order chi connectivity index (χ0) is 19.1. The Balaban J connectivity index is 1.49. The normalized spacial score (nSPS) is 10.6. The van der Waals surface area contributed by atoms with Crippen molar-refractivity contribution in [2.45, 2.75) is 30.5 Å². The highest BCUT2D eigenvalue weighted by Crippen LogP contribution is 2.22. The molecule has 2 heterocycles. The van der Waals surface area contributed by atoms with Crippen LogP contribution in [-0.4, -0.2) is 16.7 Å². The molecule has 1 N–H and O–H groups in total. The van der Waals surface area contributed by atoms with Crippen LogP contribution < -0.4 is 5.32 Å². The second kappa shape index (κ2) is 9.48. The summed E-state index contributed by atoms with van der Waals surface area (Å²) in [5.41, 5.74) is 1.85. The van der Waals surface area contributed by atoms with E-state index in [1.807, 2.05) is 61.5 Å². The molecule has 1 aromatic carbocycles. The molecule has 0 atom stereocenters. The average Bonchev–Trinajstić information content (AvgIpc) is 3.12. The van der Waals surface area contributed by atoms with E-state index in [1.165, 1.54) is 11.3 Å². The standard InChI is InChI=1S/C21H20N2O2S2/c1-15-8-10-19(27-15)18(24)9-11-20(25)23-17-6-4-5-16(13-17)14-26-21-7-2-3-12-22-21/h2-8,10,12-13H,9,11,14H2,1H3,(H,23,25). The lowest BCUT2D eigenvalue weighted by atomic mass is 10.1. The molecule has 0 bridgehead atoms. The molecule has 2 aromatic heterocycles. The molecular weight excluding hydrogens is 376 g/mol. The number of rotatable bonds is 8. The van der Waals surface area contributed by atoms with Crippen LogP contribution in [0.5, 0.6) is 0 Å². The Bertz CT molecular complexity index is 923. The predicted molar refractivity (Wildman–Crippen MR) is 111 cm³/mol. The fraction of sp³-hybridized carbons (Fsp3) is 0.190. The van der Waals surface area contributed by atoms with Crippen LogP contribution in [0.1, 0.15) is 33.0 Å². The van der Waals surface area contributed by atoms with Crippen LogP contribution >= 0.6 is 23.1 Å². The van der Waals surface area contributed by atoms with Gasteiger partial charge in [-0.15, -0.1) is 23.1 Å². The van der Waals surface area contributed by atoms with Crippen molar-refractivity contribution in [2.75, 3.05) is 5.32 Å². The molecule has 3 aromatic rings. The summed E-state index contributed by atoms with van der Waals surface area (Å²) in [6.07, 6.45) is 2.18. The number of anilines is 1. The molecule has 0 aliphatic carbocycles. The van der Waals surface area contributed by atoms with Crippen LogP contribution in [0.15, 0.2) is 65.8 Å². The molecule has 0 saturated carbocycles. The van der Waals surface area contributed by atoms with Gasteiger partial charge in [-0.05, 0) is 48.9 Å². The van der Waals surface area contributed by atoms with Gasteiger partial charge >= 0.3 is 0 Å². The summed E-state index contributed by atoms with van der Waals surface area (Å²) in [6.45, 7) is 1.97. The van der Waals surface area contributed by atoms with Gasteiger partial charge in [-0.25, -0.2) is 4.98 Å². The maximum absolute atomic E-state index is 12.2. The molecule has 0 aliphatic heterocycles. The van der Waals surface area contributed by atoms with Gasteiger partial charge in [0.1, 0.15) is 0 Å². The number of amides is 1. The molecule has 0 radical (unpaired) electrons. The summed E-state index contributed by atoms with van der Waals surface area (Å²) in [7, 11) is 0. The number of pyridine rings is 1. The van der Waals surface area contributed by atoms with Crippen LogP contribution in [0.4, 0.5) is 5.69 Å². The fourth-order valence-corrected chi connectivity index (χ4v) is 4.13. The molecule has 3 rings (SSSR count). The first-order chi connectivity index (χ1) is 13.1. The van der Waals surface area contributed by atoms with Crippen molar-refractivity contribution in [3.8, 4) is 0 Å². The van der Waals surface area contributed by atoms with Crippen molar-refractivity contribution in [2.24, 2.45) is 0 Å². The minimum atomic E-state index is -0.147. The van der Waals surface area contributed by atoms with Crippen LogP contribution in [0.3, 0.4) is 0 Å². The van der Waals surface area contributed by atoms with Crippen LogP contribution in [-0.2, 0) is 10.5 Å². The van der Waals surface area contributed by atoms with E-state index in [9.17, 15) is 9.59 Å². The molecule has 0 aliphatic rings. The topological polar surface area (TPSA) is 59.1 Å². The Labute approximate surface area is 167 Å². The summed E-state index contributed by atoms with van der Waals surface area (Å²) in [5, 5.41) is 3.85. The number of aryl methyl sites for hydroxylation is 1. The molecule has 0 unspecified atom stereocenters. The first-order valence-electron chi connectivity index (χ1n) is 8.62. The number of hydrogen-bond acceptors (Lipinski definition) is 5. The number of ketones is 1. The average molecular weight is 397 g/mol. The number of benzene rings is 1. The number of nitrogens with zero attached hydrogens (tertiary/aromatic N) is 1. The highest BCUT2D eigenvalue weighted by atomic mass is 32.2. The second-order valence-corrected chi connectivity index (χ2v) is 8.32. The smallest absolute Gasteiger partial charge is 0.224 e. The van der Waals surface area contributed by atoms with Gasteiger partial charge in [0.15, 0.2) is 5.78 Å². The molecule has 27 heavy (non-hydrogen) atoms. The number of carbonyl (C=O) groups excluding carboxylic acids is 2. The van der Waals surface area contributed by atoms with Gasteiger partial charge < -0.3 is 5.32 Å². The first kappa shape index (κ1) is 19.3. The lowest BCUT2D eigenvalue weighted by Gasteiger charge is -2.07. The monoisotopic (exact) mass is 396 g/mol. The van der Waals surface area contributed by atoms with Crippen LogP contribution in [0.25, 0.3) is 0 Å². The van der Waals surface area contributed by atoms with E-state index in [4.69, 9.17) is 0 Å². The molecular formula is C21H20N2O2S2. The number of carbonyl (C=O) groups is 2. The van der Waals surface area contributed by atoms with Gasteiger partial charge in [-0.2, -0.15) is 0 Å². The third-order valence-corrected chi connectivity index (χ3v) is 5.89. The number of aromatic nitrogens is 1. The van der Waals surface area contributed by atoms with Gasteiger partial charge in [0.05, 0.1) is 9.90 Å². The Hall–Kier alpha value is -2.44. The van der Waals surface area contributed by atoms with E-state index in [0.29, 0.717) is 4.88 Å². The third-order valence-electron chi connectivity index (χ3n) is 3.83. The summed E-state index contributed by atoms with van der Waals surface area (Å²) >= 11 is 3.12. The van der Waals surface area contributed by atoms with Crippen molar-refractivity contribution in [3.63, 3.8) is 0 Å². The molecule has 0 fully saturated rings. The van der Waals surface area contributed by atoms with Crippen molar-refractivity contribution >= 4 is 40.5 Å². The predicted octanol–water partition coefficient (Wildman–Crippen LogP) is 5.35. The SMILES string of the molecule is Cc1ccc(C(=O)CCC(=O)Nc2cccc(CSc3ccccn3)c2)s1. The van der Waals surface area contributed by atoms with Gasteiger partial charge in [0.2, 0.25) is 5.91 Å². The van der Waals surface area contributed by atoms with Crippen LogP contribution in [0, 0.1) is 6.92 Å². The zero-order valence-corrected chi connectivity index (χ0v) is 16.6. The lowest BCUT2D eigenvalue weighted by Crippen LogP contribution is -2.13. The van der Waals surface area contributed by atoms with Gasteiger partial charge in [0, 0.05) is 35.4 Å². The summed E-state index contributed by atoms with van der Waals surface area (Å²) in [4.78, 5) is 30.4. The van der Waals surface area contributed by atoms with Gasteiger partial charge in [-0.1, -0.05) is 18.2 Å². The summed E-state index contributed by atoms with van der Waals surface area (Å²) in [5.74, 6) is 0.645. The molecule has 4 nitrogen and oxygen atoms in total. The summed E-state index contributed by atoms with van der Waals surface area (Å²) in [6, 6.07) is 17.3. The van der Waals surface area contributed by atoms with Gasteiger partial charge in [0.25, 0.3) is 0 Å². The maximum atomic E-state index is 12.2. The number of Topliss-reactive ketones (excluding diaryl/α,β-unsaturated/α-hetero) is 1. The minimum absolute atomic E-state index is 0.0174. The quantitative estimate of drug-likeness (QED) is 0.412. The highest BCUT2D eigenvalue weighted by molar-refractivity contribution is 7.98.